The molecule has 2 N–H and O–H groups in total. The second kappa shape index (κ2) is 11.9. The van der Waals surface area contributed by atoms with E-state index in [1.807, 2.05) is 5.01 Å². The molecule has 1 aromatic heterocycles. The number of amides is 1. The minimum Gasteiger partial charge on any atom is -0.379 e. The highest BCUT2D eigenvalue weighted by Gasteiger charge is 2.29. The number of benzene rings is 1. The van der Waals surface area contributed by atoms with Gasteiger partial charge < -0.3 is 4.74 Å². The molecule has 1 saturated carbocycles. The fourth-order valence-electron chi connectivity index (χ4n) is 4.70. The van der Waals surface area contributed by atoms with Crippen molar-refractivity contribution in [2.45, 2.75) is 69.7 Å². The van der Waals surface area contributed by atoms with E-state index >= 15 is 0 Å². The van der Waals surface area contributed by atoms with Crippen molar-refractivity contribution in [2.24, 2.45) is 5.92 Å². The lowest BCUT2D eigenvalue weighted by atomic mass is 9.85. The topological polar surface area (TPSA) is 101 Å². The molecule has 1 amide bonds. The van der Waals surface area contributed by atoms with Crippen LogP contribution in [-0.4, -0.2) is 56.2 Å². The largest absolute Gasteiger partial charge is 0.379 e. The first-order valence-corrected chi connectivity index (χ1v) is 15.7. The van der Waals surface area contributed by atoms with Gasteiger partial charge in [0.25, 0.3) is 5.91 Å². The van der Waals surface area contributed by atoms with Gasteiger partial charge in [0, 0.05) is 24.2 Å². The Kier molecular flexibility index (Phi) is 9.21. The number of aromatic nitrogens is 1. The summed E-state index contributed by atoms with van der Waals surface area (Å²) in [7, 11) is -3.89. The zero-order valence-electron chi connectivity index (χ0n) is 21.4. The van der Waals surface area contributed by atoms with Crippen LogP contribution in [0.3, 0.4) is 0 Å². The van der Waals surface area contributed by atoms with Crippen molar-refractivity contribution in [2.75, 3.05) is 26.3 Å². The summed E-state index contributed by atoms with van der Waals surface area (Å²) >= 11 is 14.5. The highest BCUT2D eigenvalue weighted by molar-refractivity contribution is 7.89. The van der Waals surface area contributed by atoms with Gasteiger partial charge in [-0.05, 0) is 39.2 Å². The van der Waals surface area contributed by atoms with Crippen LogP contribution in [0.5, 0.6) is 0 Å². The Morgan fingerprint density at radius 2 is 1.81 bits per heavy atom. The normalized spacial score (nSPS) is 18.2. The Balaban J connectivity index is 1.69. The number of halogens is 2. The molecule has 0 unspecified atom stereocenters. The molecule has 1 aromatic carbocycles. The molecule has 2 fully saturated rings. The summed E-state index contributed by atoms with van der Waals surface area (Å²) in [6.45, 7) is 7.61. The first-order chi connectivity index (χ1) is 17.4. The van der Waals surface area contributed by atoms with Crippen molar-refractivity contribution >= 4 is 50.5 Å². The molecular weight excluding hydrogens is 555 g/mol. The number of hydrogen-bond acceptors (Lipinski definition) is 7. The number of rotatable bonds is 7. The summed E-state index contributed by atoms with van der Waals surface area (Å²) in [6, 6.07) is 3.13. The van der Waals surface area contributed by atoms with E-state index in [4.69, 9.17) is 32.9 Å². The van der Waals surface area contributed by atoms with Crippen LogP contribution < -0.4 is 10.1 Å². The van der Waals surface area contributed by atoms with Crippen molar-refractivity contribution in [3.63, 3.8) is 0 Å². The molecule has 12 heteroatoms. The fourth-order valence-corrected chi connectivity index (χ4v) is 8.06. The Hall–Kier alpha value is -1.27. The summed E-state index contributed by atoms with van der Waals surface area (Å²) in [5, 5.41) is 2.25. The maximum absolute atomic E-state index is 13.1. The molecule has 0 spiro atoms. The maximum atomic E-state index is 13.1. The number of thiazole rings is 1. The van der Waals surface area contributed by atoms with E-state index in [0.717, 1.165) is 29.8 Å². The van der Waals surface area contributed by atoms with Gasteiger partial charge >= 0.3 is 0 Å². The van der Waals surface area contributed by atoms with Gasteiger partial charge in [0.2, 0.25) is 10.0 Å². The number of carbonyl (C=O) groups excluding carboxylic acids is 1. The molecule has 1 aliphatic carbocycles. The minimum absolute atomic E-state index is 0.0488. The zero-order chi connectivity index (χ0) is 26.8. The van der Waals surface area contributed by atoms with Crippen molar-refractivity contribution in [1.29, 1.82) is 0 Å². The van der Waals surface area contributed by atoms with Crippen LogP contribution >= 0.6 is 34.5 Å². The Morgan fingerprint density at radius 1 is 1.14 bits per heavy atom. The van der Waals surface area contributed by atoms with E-state index in [-0.39, 0.29) is 20.8 Å². The Bertz CT molecular complexity index is 1230. The number of nitrogens with one attached hydrogen (secondary N) is 2. The predicted octanol–water partition coefficient (Wildman–Crippen LogP) is 5.29. The van der Waals surface area contributed by atoms with Gasteiger partial charge in [0.15, 0.2) is 5.01 Å². The first-order valence-electron chi connectivity index (χ1n) is 12.6. The molecule has 204 valence electrons. The summed E-state index contributed by atoms with van der Waals surface area (Å²) in [5.74, 6) is 0.202. The summed E-state index contributed by atoms with van der Waals surface area (Å²) in [6.07, 6.45) is 6.60. The van der Waals surface area contributed by atoms with Gasteiger partial charge in [-0.3, -0.25) is 10.2 Å². The average molecular weight is 590 g/mol. The highest BCUT2D eigenvalue weighted by Crippen LogP contribution is 2.42. The lowest BCUT2D eigenvalue weighted by Gasteiger charge is -2.26. The maximum Gasteiger partial charge on any atom is 0.294 e. The standard InChI is InChI=1S/C25H34Cl2N4O4S2/c1-25(2,3)30-37(33,34)19-10-9-17(20(26)21(19)27)22-18(15-16-7-5-4-6-8-16)28-24(36-22)23(32)29-31-11-13-35-14-12-31/h9-10,16,30H,4-8,11-15H2,1-3H3,(H,29,32). The highest BCUT2D eigenvalue weighted by atomic mass is 35.5. The molecule has 1 saturated heterocycles. The minimum atomic E-state index is -3.89. The van der Waals surface area contributed by atoms with Crippen LogP contribution in [0.1, 0.15) is 68.4 Å². The SMILES string of the molecule is CC(C)(C)NS(=O)(=O)c1ccc(-c2sc(C(=O)NN3CCOCC3)nc2CC2CCCCC2)c(Cl)c1Cl. The van der Waals surface area contributed by atoms with Crippen LogP contribution in [0.4, 0.5) is 0 Å². The average Bonchev–Trinajstić information content (AvgIpc) is 3.24. The third-order valence-corrected chi connectivity index (χ3v) is 10.3. The second-order valence-electron chi connectivity index (χ2n) is 10.6. The number of nitrogens with zero attached hydrogens (tertiary/aromatic N) is 2. The van der Waals surface area contributed by atoms with Crippen molar-refractivity contribution in [1.82, 2.24) is 20.1 Å². The van der Waals surface area contributed by atoms with Crippen molar-refractivity contribution in [3.8, 4) is 10.4 Å². The van der Waals surface area contributed by atoms with Gasteiger partial charge in [-0.1, -0.05) is 61.4 Å². The third kappa shape index (κ3) is 7.23. The van der Waals surface area contributed by atoms with E-state index in [0.29, 0.717) is 42.8 Å². The van der Waals surface area contributed by atoms with Crippen LogP contribution in [0, 0.1) is 5.92 Å². The Morgan fingerprint density at radius 3 is 2.46 bits per heavy atom. The van der Waals surface area contributed by atoms with E-state index in [2.05, 4.69) is 10.1 Å². The fraction of sp³-hybridized carbons (Fsp3) is 0.600. The summed E-state index contributed by atoms with van der Waals surface area (Å²) in [4.78, 5) is 18.5. The van der Waals surface area contributed by atoms with Gasteiger partial charge in [-0.25, -0.2) is 23.1 Å². The van der Waals surface area contributed by atoms with Gasteiger partial charge in [0.05, 0.1) is 33.8 Å². The second-order valence-corrected chi connectivity index (χ2v) is 14.0. The summed E-state index contributed by atoms with van der Waals surface area (Å²) in [5.41, 5.74) is 3.62. The van der Waals surface area contributed by atoms with Crippen LogP contribution in [-0.2, 0) is 21.2 Å². The molecule has 2 heterocycles. The monoisotopic (exact) mass is 588 g/mol. The number of carbonyl (C=O) groups is 1. The van der Waals surface area contributed by atoms with Gasteiger partial charge in [-0.15, -0.1) is 11.3 Å². The molecule has 2 aromatic rings. The molecule has 1 aliphatic heterocycles. The predicted molar refractivity (Wildman–Crippen MR) is 148 cm³/mol. The quantitative estimate of drug-likeness (QED) is 0.455. The van der Waals surface area contributed by atoms with E-state index in [1.54, 1.807) is 26.8 Å². The number of ether oxygens (including phenoxy) is 1. The molecule has 0 atom stereocenters. The Labute approximate surface area is 233 Å². The molecule has 2 aliphatic rings. The summed E-state index contributed by atoms with van der Waals surface area (Å²) < 4.78 is 33.9. The van der Waals surface area contributed by atoms with Crippen molar-refractivity contribution in [3.05, 3.63) is 32.9 Å². The molecule has 37 heavy (non-hydrogen) atoms. The van der Waals surface area contributed by atoms with Crippen LogP contribution in [0.2, 0.25) is 10.0 Å². The smallest absolute Gasteiger partial charge is 0.294 e. The van der Waals surface area contributed by atoms with E-state index in [9.17, 15) is 13.2 Å². The number of sulfonamides is 1. The van der Waals surface area contributed by atoms with Crippen LogP contribution in [0.25, 0.3) is 10.4 Å². The number of morpholine rings is 1. The van der Waals surface area contributed by atoms with E-state index in [1.165, 1.54) is 36.7 Å². The molecule has 8 nitrogen and oxygen atoms in total. The number of hydrogen-bond donors (Lipinski definition) is 2. The lowest BCUT2D eigenvalue weighted by Crippen LogP contribution is -2.48. The van der Waals surface area contributed by atoms with Crippen LogP contribution in [0.15, 0.2) is 17.0 Å². The van der Waals surface area contributed by atoms with E-state index < -0.39 is 15.6 Å². The van der Waals surface area contributed by atoms with Gasteiger partial charge in [-0.2, -0.15) is 0 Å². The molecular formula is C25H34Cl2N4O4S2. The number of hydrazine groups is 1. The molecule has 0 bridgehead atoms. The lowest BCUT2D eigenvalue weighted by molar-refractivity contribution is 0.0126. The molecule has 0 radical (unpaired) electrons. The first kappa shape index (κ1) is 28.7. The van der Waals surface area contributed by atoms with Crippen molar-refractivity contribution < 1.29 is 17.9 Å². The third-order valence-electron chi connectivity index (χ3n) is 6.39. The van der Waals surface area contributed by atoms with Gasteiger partial charge in [0.1, 0.15) is 4.90 Å². The molecule has 4 rings (SSSR count). The zero-order valence-corrected chi connectivity index (χ0v) is 24.5.